The Morgan fingerprint density at radius 2 is 1.73 bits per heavy atom. The molecule has 5 heteroatoms. The van der Waals surface area contributed by atoms with Crippen LogP contribution < -0.4 is 5.32 Å². The molecule has 1 aliphatic carbocycles. The Labute approximate surface area is 86.5 Å². The van der Waals surface area contributed by atoms with E-state index in [0.29, 0.717) is 0 Å². The predicted molar refractivity (Wildman–Crippen MR) is 50.0 cm³/mol. The molecule has 1 aliphatic rings. The zero-order valence-corrected chi connectivity index (χ0v) is 8.36. The molecule has 1 fully saturated rings. The van der Waals surface area contributed by atoms with Crippen LogP contribution in [0.2, 0.25) is 0 Å². The van der Waals surface area contributed by atoms with Crippen molar-refractivity contribution in [3.8, 4) is 0 Å². The molecular weight excluding hydrogens is 207 g/mol. The topological polar surface area (TPSA) is 29.1 Å². The van der Waals surface area contributed by atoms with E-state index in [1.165, 1.54) is 0 Å². The highest BCUT2D eigenvalue weighted by Gasteiger charge is 2.17. The Kier molecular flexibility index (Phi) is 4.65. The van der Waals surface area contributed by atoms with Gasteiger partial charge in [0.05, 0.1) is 6.42 Å². The molecule has 0 aromatic carbocycles. The molecule has 1 N–H and O–H groups in total. The van der Waals surface area contributed by atoms with Gasteiger partial charge in [0.25, 0.3) is 0 Å². The van der Waals surface area contributed by atoms with E-state index in [0.717, 1.165) is 32.1 Å². The first-order chi connectivity index (χ1) is 7.09. The fourth-order valence-corrected chi connectivity index (χ4v) is 1.73. The Morgan fingerprint density at radius 1 is 1.13 bits per heavy atom. The van der Waals surface area contributed by atoms with Crippen LogP contribution in [-0.2, 0) is 4.79 Å². The van der Waals surface area contributed by atoms with Crippen molar-refractivity contribution in [2.75, 3.05) is 0 Å². The zero-order chi connectivity index (χ0) is 11.3. The Hall–Kier alpha value is -1.00. The summed E-state index contributed by atoms with van der Waals surface area (Å²) in [5, 5.41) is 2.56. The quantitative estimate of drug-likeness (QED) is 0.780. The SMILES string of the molecule is O=C(CC(F)=C(F)F)NC1CCCCC1. The summed E-state index contributed by atoms with van der Waals surface area (Å²) in [6, 6.07) is 0.0294. The monoisotopic (exact) mass is 221 g/mol. The molecule has 1 rings (SSSR count). The first-order valence-electron chi connectivity index (χ1n) is 5.08. The van der Waals surface area contributed by atoms with Crippen LogP contribution in [0.5, 0.6) is 0 Å². The summed E-state index contributed by atoms with van der Waals surface area (Å²) in [5.41, 5.74) is 0. The lowest BCUT2D eigenvalue weighted by molar-refractivity contribution is -0.121. The van der Waals surface area contributed by atoms with Crippen molar-refractivity contribution in [1.82, 2.24) is 5.32 Å². The highest BCUT2D eigenvalue weighted by molar-refractivity contribution is 5.78. The molecule has 2 nitrogen and oxygen atoms in total. The third-order valence-electron chi connectivity index (χ3n) is 2.49. The number of hydrogen-bond donors (Lipinski definition) is 1. The average Bonchev–Trinajstić information content (AvgIpc) is 2.18. The van der Waals surface area contributed by atoms with Crippen molar-refractivity contribution in [2.24, 2.45) is 0 Å². The van der Waals surface area contributed by atoms with Gasteiger partial charge in [0, 0.05) is 6.04 Å². The van der Waals surface area contributed by atoms with Crippen LogP contribution in [0.4, 0.5) is 13.2 Å². The third-order valence-corrected chi connectivity index (χ3v) is 2.49. The van der Waals surface area contributed by atoms with Crippen molar-refractivity contribution in [3.63, 3.8) is 0 Å². The van der Waals surface area contributed by atoms with Crippen LogP contribution in [0.15, 0.2) is 11.9 Å². The van der Waals surface area contributed by atoms with Crippen molar-refractivity contribution >= 4 is 5.91 Å². The molecule has 0 aromatic rings. The van der Waals surface area contributed by atoms with Crippen molar-refractivity contribution in [2.45, 2.75) is 44.6 Å². The molecule has 86 valence electrons. The predicted octanol–water partition coefficient (Wildman–Crippen LogP) is 2.90. The maximum Gasteiger partial charge on any atom is 0.302 e. The van der Waals surface area contributed by atoms with Crippen LogP contribution in [0, 0.1) is 0 Å². The summed E-state index contributed by atoms with van der Waals surface area (Å²) in [6.45, 7) is 0. The molecule has 0 bridgehead atoms. The maximum atomic E-state index is 12.4. The lowest BCUT2D eigenvalue weighted by atomic mass is 9.95. The Balaban J connectivity index is 2.32. The standard InChI is InChI=1S/C10H14F3NO/c11-8(10(12)13)6-9(15)14-7-4-2-1-3-5-7/h7H,1-6H2,(H,14,15). The van der Waals surface area contributed by atoms with Gasteiger partial charge in [-0.3, -0.25) is 4.79 Å². The lowest BCUT2D eigenvalue weighted by Gasteiger charge is -2.22. The van der Waals surface area contributed by atoms with Crippen LogP contribution in [0.25, 0.3) is 0 Å². The number of halogens is 3. The van der Waals surface area contributed by atoms with Gasteiger partial charge in [-0.2, -0.15) is 8.78 Å². The van der Waals surface area contributed by atoms with E-state index < -0.39 is 24.2 Å². The minimum Gasteiger partial charge on any atom is -0.353 e. The molecule has 0 aromatic heterocycles. The third kappa shape index (κ3) is 4.36. The number of amides is 1. The number of hydrogen-bond acceptors (Lipinski definition) is 1. The molecule has 0 aliphatic heterocycles. The maximum absolute atomic E-state index is 12.4. The molecule has 1 amide bonds. The summed E-state index contributed by atoms with van der Waals surface area (Å²) in [5.74, 6) is -2.30. The van der Waals surface area contributed by atoms with Gasteiger partial charge in [-0.25, -0.2) is 4.39 Å². The second-order valence-corrected chi connectivity index (χ2v) is 3.74. The van der Waals surface area contributed by atoms with Crippen LogP contribution in [0.1, 0.15) is 38.5 Å². The summed E-state index contributed by atoms with van der Waals surface area (Å²) < 4.78 is 35.8. The lowest BCUT2D eigenvalue weighted by Crippen LogP contribution is -2.36. The molecular formula is C10H14F3NO. The number of rotatable bonds is 3. The van der Waals surface area contributed by atoms with Gasteiger partial charge in [-0.15, -0.1) is 0 Å². The van der Waals surface area contributed by atoms with E-state index >= 15 is 0 Å². The number of carbonyl (C=O) groups is 1. The number of nitrogens with one attached hydrogen (secondary N) is 1. The summed E-state index contributed by atoms with van der Waals surface area (Å²) in [7, 11) is 0. The minimum atomic E-state index is -2.41. The fourth-order valence-electron chi connectivity index (χ4n) is 1.73. The minimum absolute atomic E-state index is 0.0294. The van der Waals surface area contributed by atoms with E-state index in [9.17, 15) is 18.0 Å². The molecule has 0 saturated heterocycles. The van der Waals surface area contributed by atoms with Crippen LogP contribution in [0.3, 0.4) is 0 Å². The zero-order valence-electron chi connectivity index (χ0n) is 8.36. The molecule has 0 radical (unpaired) electrons. The Morgan fingerprint density at radius 3 is 2.27 bits per heavy atom. The van der Waals surface area contributed by atoms with Gasteiger partial charge in [-0.05, 0) is 12.8 Å². The summed E-state index contributed by atoms with van der Waals surface area (Å²) in [4.78, 5) is 11.1. The summed E-state index contributed by atoms with van der Waals surface area (Å²) >= 11 is 0. The normalized spacial score (nSPS) is 17.3. The van der Waals surface area contributed by atoms with Gasteiger partial charge < -0.3 is 5.32 Å². The van der Waals surface area contributed by atoms with E-state index in [-0.39, 0.29) is 6.04 Å². The molecule has 0 unspecified atom stereocenters. The van der Waals surface area contributed by atoms with Crippen molar-refractivity contribution in [3.05, 3.63) is 11.9 Å². The molecule has 15 heavy (non-hydrogen) atoms. The largest absolute Gasteiger partial charge is 0.353 e. The first kappa shape index (κ1) is 12.1. The van der Waals surface area contributed by atoms with Crippen LogP contribution >= 0.6 is 0 Å². The van der Waals surface area contributed by atoms with Gasteiger partial charge in [0.1, 0.15) is 0 Å². The average molecular weight is 221 g/mol. The first-order valence-corrected chi connectivity index (χ1v) is 5.08. The fraction of sp³-hybridized carbons (Fsp3) is 0.700. The van der Waals surface area contributed by atoms with E-state index in [1.54, 1.807) is 0 Å². The van der Waals surface area contributed by atoms with Crippen molar-refractivity contribution < 1.29 is 18.0 Å². The van der Waals surface area contributed by atoms with E-state index in [4.69, 9.17) is 0 Å². The highest BCUT2D eigenvalue weighted by atomic mass is 19.3. The van der Waals surface area contributed by atoms with E-state index in [1.807, 2.05) is 0 Å². The Bertz CT molecular complexity index is 255. The smallest absolute Gasteiger partial charge is 0.302 e. The highest BCUT2D eigenvalue weighted by Crippen LogP contribution is 2.18. The second-order valence-electron chi connectivity index (χ2n) is 3.74. The second kappa shape index (κ2) is 5.78. The van der Waals surface area contributed by atoms with Crippen molar-refractivity contribution in [1.29, 1.82) is 0 Å². The van der Waals surface area contributed by atoms with Gasteiger partial charge in [0.15, 0.2) is 5.83 Å². The van der Waals surface area contributed by atoms with Gasteiger partial charge in [0.2, 0.25) is 5.91 Å². The molecule has 1 saturated carbocycles. The number of carbonyl (C=O) groups excluding carboxylic acids is 1. The summed E-state index contributed by atoms with van der Waals surface area (Å²) in [6.07, 6.45) is 1.65. The van der Waals surface area contributed by atoms with Gasteiger partial charge in [-0.1, -0.05) is 19.3 Å². The molecule has 0 heterocycles. The van der Waals surface area contributed by atoms with E-state index in [2.05, 4.69) is 5.32 Å². The van der Waals surface area contributed by atoms with Crippen LogP contribution in [-0.4, -0.2) is 11.9 Å². The molecule has 0 spiro atoms. The molecule has 0 atom stereocenters. The van der Waals surface area contributed by atoms with Gasteiger partial charge >= 0.3 is 6.08 Å².